The van der Waals surface area contributed by atoms with Gasteiger partial charge < -0.3 is 4.98 Å². The second-order valence-corrected chi connectivity index (χ2v) is 6.59. The van der Waals surface area contributed by atoms with Gasteiger partial charge in [-0.05, 0) is 17.5 Å². The molecule has 0 amide bonds. The number of fused-ring (bicyclic) bond motifs is 1. The van der Waals surface area contributed by atoms with Crippen LogP contribution in [0.4, 0.5) is 27.6 Å². The molecule has 122 valence electrons. The van der Waals surface area contributed by atoms with Gasteiger partial charge >= 0.3 is 6.18 Å². The molecule has 0 fully saturated rings. The number of thiophene rings is 1. The smallest absolute Gasteiger partial charge is 0.352 e. The molecule has 1 aromatic carbocycles. The molecule has 0 aliphatic carbocycles. The van der Waals surface area contributed by atoms with E-state index in [0.29, 0.717) is 16.3 Å². The highest BCUT2D eigenvalue weighted by atomic mass is 32.2. The largest absolute Gasteiger partial charge is 0.419 e. The Hall–Kier alpha value is -1.94. The Balaban J connectivity index is 1.93. The van der Waals surface area contributed by atoms with Gasteiger partial charge in [0.25, 0.3) is 0 Å². The number of aromatic amines is 1. The lowest BCUT2D eigenvalue weighted by atomic mass is 10.2. The zero-order valence-electron chi connectivity index (χ0n) is 11.0. The van der Waals surface area contributed by atoms with Crippen molar-refractivity contribution in [2.24, 2.45) is 0 Å². The van der Waals surface area contributed by atoms with Crippen LogP contribution in [0.2, 0.25) is 0 Å². The SMILES string of the molecule is O=S(Nc1cc(F)c(C(F)(F)F)cc1F)c1c[nH]c2sccc12. The van der Waals surface area contributed by atoms with Crippen molar-refractivity contribution < 1.29 is 26.2 Å². The van der Waals surface area contributed by atoms with Crippen LogP contribution in [0, 0.1) is 11.6 Å². The van der Waals surface area contributed by atoms with Crippen LogP contribution in [0.3, 0.4) is 0 Å². The molecular weight excluding hydrogens is 359 g/mol. The van der Waals surface area contributed by atoms with Crippen molar-refractivity contribution in [2.45, 2.75) is 11.1 Å². The summed E-state index contributed by atoms with van der Waals surface area (Å²) in [5.74, 6) is -2.99. The topological polar surface area (TPSA) is 44.9 Å². The van der Waals surface area contributed by atoms with Crippen molar-refractivity contribution >= 4 is 38.2 Å². The lowest BCUT2D eigenvalue weighted by Crippen LogP contribution is -2.12. The molecule has 3 nitrogen and oxygen atoms in total. The molecule has 2 N–H and O–H groups in total. The van der Waals surface area contributed by atoms with Gasteiger partial charge in [-0.2, -0.15) is 13.2 Å². The number of H-pyrrole nitrogens is 1. The van der Waals surface area contributed by atoms with E-state index in [9.17, 15) is 26.2 Å². The van der Waals surface area contributed by atoms with Crippen LogP contribution in [0.5, 0.6) is 0 Å². The van der Waals surface area contributed by atoms with Gasteiger partial charge in [-0.1, -0.05) is 0 Å². The Morgan fingerprint density at radius 2 is 1.91 bits per heavy atom. The van der Waals surface area contributed by atoms with Gasteiger partial charge in [0.2, 0.25) is 0 Å². The van der Waals surface area contributed by atoms with Crippen molar-refractivity contribution in [2.75, 3.05) is 4.72 Å². The predicted octanol–water partition coefficient (Wildman–Crippen LogP) is 4.66. The highest BCUT2D eigenvalue weighted by Crippen LogP contribution is 2.34. The maximum absolute atomic E-state index is 13.7. The Morgan fingerprint density at radius 1 is 1.17 bits per heavy atom. The molecule has 0 saturated carbocycles. The first kappa shape index (κ1) is 15.9. The minimum absolute atomic E-state index is 0.0339. The van der Waals surface area contributed by atoms with Crippen molar-refractivity contribution in [3.63, 3.8) is 0 Å². The van der Waals surface area contributed by atoms with Gasteiger partial charge in [0.05, 0.1) is 16.1 Å². The Kier molecular flexibility index (Phi) is 3.88. The van der Waals surface area contributed by atoms with Gasteiger partial charge in [0, 0.05) is 17.6 Å². The van der Waals surface area contributed by atoms with E-state index in [1.54, 1.807) is 11.4 Å². The molecule has 0 radical (unpaired) electrons. The van der Waals surface area contributed by atoms with E-state index < -0.39 is 40.0 Å². The van der Waals surface area contributed by atoms with E-state index in [2.05, 4.69) is 9.71 Å². The van der Waals surface area contributed by atoms with E-state index in [0.717, 1.165) is 4.83 Å². The summed E-state index contributed by atoms with van der Waals surface area (Å²) >= 11 is 1.37. The minimum atomic E-state index is -5.01. The zero-order valence-corrected chi connectivity index (χ0v) is 12.6. The monoisotopic (exact) mass is 366 g/mol. The predicted molar refractivity (Wildman–Crippen MR) is 77.6 cm³/mol. The Labute approximate surface area is 132 Å². The Morgan fingerprint density at radius 3 is 2.61 bits per heavy atom. The summed E-state index contributed by atoms with van der Waals surface area (Å²) < 4.78 is 79.1. The second-order valence-electron chi connectivity index (χ2n) is 4.50. The summed E-state index contributed by atoms with van der Waals surface area (Å²) in [5.41, 5.74) is -2.33. The lowest BCUT2D eigenvalue weighted by molar-refractivity contribution is -0.140. The van der Waals surface area contributed by atoms with Crippen molar-refractivity contribution in [1.82, 2.24) is 4.98 Å². The minimum Gasteiger partial charge on any atom is -0.352 e. The van der Waals surface area contributed by atoms with Crippen LogP contribution in [-0.2, 0) is 17.2 Å². The molecule has 1 unspecified atom stereocenters. The molecule has 23 heavy (non-hydrogen) atoms. The van der Waals surface area contributed by atoms with Gasteiger partial charge in [-0.3, -0.25) is 4.72 Å². The molecular formula is C13H7F5N2OS2. The summed E-state index contributed by atoms with van der Waals surface area (Å²) in [7, 11) is -1.97. The van der Waals surface area contributed by atoms with Crippen LogP contribution in [0.1, 0.15) is 5.56 Å². The third kappa shape index (κ3) is 2.95. The summed E-state index contributed by atoms with van der Waals surface area (Å²) in [4.78, 5) is 3.90. The molecule has 3 rings (SSSR count). The number of rotatable bonds is 3. The fourth-order valence-corrected chi connectivity index (χ4v) is 3.81. The number of alkyl halides is 3. The van der Waals surface area contributed by atoms with Crippen LogP contribution >= 0.6 is 11.3 Å². The fourth-order valence-electron chi connectivity index (χ4n) is 1.97. The standard InChI is InChI=1S/C13H7F5N2OS2/c14-8-4-10(9(15)3-7(8)13(16,17)18)20-23(21)11-5-19-12-6(11)1-2-22-12/h1-5,19-20H. The van der Waals surface area contributed by atoms with E-state index in [4.69, 9.17) is 0 Å². The van der Waals surface area contributed by atoms with Gasteiger partial charge in [0.1, 0.15) is 16.5 Å². The number of benzene rings is 1. The zero-order chi connectivity index (χ0) is 16.8. The quantitative estimate of drug-likeness (QED) is 0.651. The molecule has 0 saturated heterocycles. The average Bonchev–Trinajstić information content (AvgIpc) is 3.03. The van der Waals surface area contributed by atoms with E-state index in [1.165, 1.54) is 17.5 Å². The molecule has 3 aromatic rings. The number of hydrogen-bond donors (Lipinski definition) is 2. The van der Waals surface area contributed by atoms with Crippen LogP contribution < -0.4 is 4.72 Å². The molecule has 0 aliphatic heterocycles. The lowest BCUT2D eigenvalue weighted by Gasteiger charge is -2.11. The number of hydrogen-bond acceptors (Lipinski definition) is 2. The van der Waals surface area contributed by atoms with Gasteiger partial charge in [-0.15, -0.1) is 11.3 Å². The first-order valence-corrected chi connectivity index (χ1v) is 8.09. The maximum atomic E-state index is 13.7. The summed E-state index contributed by atoms with van der Waals surface area (Å²) in [6.07, 6.45) is -3.57. The summed E-state index contributed by atoms with van der Waals surface area (Å²) in [6, 6.07) is 2.06. The number of anilines is 1. The number of aromatic nitrogens is 1. The van der Waals surface area contributed by atoms with Crippen LogP contribution in [-0.4, -0.2) is 9.19 Å². The highest BCUT2D eigenvalue weighted by molar-refractivity contribution is 7.86. The van der Waals surface area contributed by atoms with E-state index in [-0.39, 0.29) is 6.07 Å². The molecule has 0 spiro atoms. The van der Waals surface area contributed by atoms with Crippen LogP contribution in [0.25, 0.3) is 10.2 Å². The van der Waals surface area contributed by atoms with Crippen molar-refractivity contribution in [3.05, 3.63) is 47.0 Å². The molecule has 10 heteroatoms. The van der Waals surface area contributed by atoms with Crippen LogP contribution in [0.15, 0.2) is 34.7 Å². The Bertz CT molecular complexity index is 900. The maximum Gasteiger partial charge on any atom is 0.419 e. The molecule has 0 bridgehead atoms. The van der Waals surface area contributed by atoms with Gasteiger partial charge in [0.15, 0.2) is 11.0 Å². The van der Waals surface area contributed by atoms with E-state index in [1.807, 2.05) is 0 Å². The molecule has 2 aromatic heterocycles. The number of halogens is 5. The molecule has 0 aliphatic rings. The summed E-state index contributed by atoms with van der Waals surface area (Å²) in [6.45, 7) is 0. The normalized spacial score (nSPS) is 13.4. The summed E-state index contributed by atoms with van der Waals surface area (Å²) in [5, 5.41) is 2.38. The van der Waals surface area contributed by atoms with E-state index >= 15 is 0 Å². The molecule has 2 heterocycles. The highest BCUT2D eigenvalue weighted by Gasteiger charge is 2.35. The molecule has 1 atom stereocenters. The van der Waals surface area contributed by atoms with Crippen molar-refractivity contribution in [1.29, 1.82) is 0 Å². The fraction of sp³-hybridized carbons (Fsp3) is 0.0769. The first-order valence-electron chi connectivity index (χ1n) is 6.06. The van der Waals surface area contributed by atoms with Gasteiger partial charge in [-0.25, -0.2) is 13.0 Å². The third-order valence-electron chi connectivity index (χ3n) is 3.03. The van der Waals surface area contributed by atoms with Crippen molar-refractivity contribution in [3.8, 4) is 0 Å². The average molecular weight is 366 g/mol. The number of nitrogens with one attached hydrogen (secondary N) is 2. The first-order chi connectivity index (χ1) is 10.8. The second kappa shape index (κ2) is 5.60. The third-order valence-corrected chi connectivity index (χ3v) is 5.02.